The summed E-state index contributed by atoms with van der Waals surface area (Å²) < 4.78 is 13.4. The number of para-hydroxylation sites is 1. The fourth-order valence-electron chi connectivity index (χ4n) is 2.78. The molecule has 8 nitrogen and oxygen atoms in total. The number of carbonyl (C=O) groups is 2. The number of rotatable bonds is 4. The number of methoxy groups -OCH3 is 2. The van der Waals surface area contributed by atoms with Crippen molar-refractivity contribution in [2.24, 2.45) is 0 Å². The molecular formula is C29H45N3O5S. The maximum absolute atomic E-state index is 11.6. The second kappa shape index (κ2) is 15.5. The molecule has 0 aliphatic rings. The summed E-state index contributed by atoms with van der Waals surface area (Å²) in [4.78, 5) is 23.6. The first-order valence-corrected chi connectivity index (χ1v) is 12.9. The summed E-state index contributed by atoms with van der Waals surface area (Å²) in [6, 6.07) is 11.1. The predicted molar refractivity (Wildman–Crippen MR) is 160 cm³/mol. The van der Waals surface area contributed by atoms with Gasteiger partial charge in [-0.3, -0.25) is 14.2 Å². The molecule has 0 atom stereocenters. The van der Waals surface area contributed by atoms with Crippen molar-refractivity contribution in [2.45, 2.75) is 80.6 Å². The van der Waals surface area contributed by atoms with Gasteiger partial charge in [-0.25, -0.2) is 4.68 Å². The van der Waals surface area contributed by atoms with Gasteiger partial charge in [-0.2, -0.15) is 5.10 Å². The first-order chi connectivity index (χ1) is 17.4. The SMILES string of the molecule is C.CC.COC(C)(C)C.COC(C)(C)C.O=Cn1nc(-c2cc3ccccc3n2C=O)c2sc(CO)cc21. The number of hydrogen-bond acceptors (Lipinski definition) is 7. The zero-order valence-electron chi connectivity index (χ0n) is 23.7. The average molecular weight is 548 g/mol. The Labute approximate surface area is 231 Å². The predicted octanol–water partition coefficient (Wildman–Crippen LogP) is 6.81. The number of benzene rings is 1. The van der Waals surface area contributed by atoms with Crippen molar-refractivity contribution < 1.29 is 24.2 Å². The van der Waals surface area contributed by atoms with Crippen LogP contribution in [0.5, 0.6) is 0 Å². The van der Waals surface area contributed by atoms with Crippen LogP contribution in [0.2, 0.25) is 0 Å². The van der Waals surface area contributed by atoms with E-state index < -0.39 is 0 Å². The molecule has 0 bridgehead atoms. The summed E-state index contributed by atoms with van der Waals surface area (Å²) in [5.41, 5.74) is 2.68. The van der Waals surface area contributed by atoms with Gasteiger partial charge in [0.1, 0.15) is 5.69 Å². The summed E-state index contributed by atoms with van der Waals surface area (Å²) in [7, 11) is 3.42. The van der Waals surface area contributed by atoms with E-state index in [-0.39, 0.29) is 25.2 Å². The Bertz CT molecular complexity index is 1260. The molecule has 0 fully saturated rings. The molecule has 0 amide bonds. The third kappa shape index (κ3) is 9.47. The highest BCUT2D eigenvalue weighted by Crippen LogP contribution is 2.36. The van der Waals surface area contributed by atoms with Gasteiger partial charge < -0.3 is 14.6 Å². The molecule has 0 spiro atoms. The first-order valence-electron chi connectivity index (χ1n) is 12.1. The molecule has 0 saturated carbocycles. The van der Waals surface area contributed by atoms with E-state index in [2.05, 4.69) is 5.10 Å². The van der Waals surface area contributed by atoms with E-state index in [0.29, 0.717) is 23.3 Å². The highest BCUT2D eigenvalue weighted by atomic mass is 32.1. The Kier molecular flexibility index (Phi) is 14.4. The number of hydrogen-bond donors (Lipinski definition) is 1. The van der Waals surface area contributed by atoms with Crippen LogP contribution < -0.4 is 0 Å². The van der Waals surface area contributed by atoms with Gasteiger partial charge in [0.25, 0.3) is 0 Å². The standard InChI is InChI=1S/C16H11N3O3S.2C5H12O.C2H6.CH4/c20-7-11-6-14-16(23-11)15(17-19(14)9-22)13-5-10-3-1-2-4-12(10)18(13)8-21;2*1-5(2,3)6-4;1-2;/h1-6,8-9,20H,7H2;2*1-4H3;1-2H3;1H4. The van der Waals surface area contributed by atoms with Gasteiger partial charge in [0.15, 0.2) is 0 Å². The number of thiophene rings is 1. The molecule has 1 N–H and O–H groups in total. The van der Waals surface area contributed by atoms with Gasteiger partial charge in [-0.1, -0.05) is 39.5 Å². The minimum absolute atomic E-state index is 0. The van der Waals surface area contributed by atoms with Crippen LogP contribution in [0.3, 0.4) is 0 Å². The van der Waals surface area contributed by atoms with Gasteiger partial charge in [0, 0.05) is 24.5 Å². The molecule has 0 aliphatic carbocycles. The van der Waals surface area contributed by atoms with Crippen molar-refractivity contribution >= 4 is 45.3 Å². The molecule has 38 heavy (non-hydrogen) atoms. The lowest BCUT2D eigenvalue weighted by molar-refractivity contribution is 0.0394. The van der Waals surface area contributed by atoms with Crippen LogP contribution in [-0.2, 0) is 25.7 Å². The Hall–Kier alpha value is -2.85. The second-order valence-corrected chi connectivity index (χ2v) is 10.8. The van der Waals surface area contributed by atoms with Gasteiger partial charge in [-0.15, -0.1) is 11.3 Å². The van der Waals surface area contributed by atoms with Crippen molar-refractivity contribution in [1.82, 2.24) is 14.3 Å². The second-order valence-electron chi connectivity index (χ2n) is 9.68. The largest absolute Gasteiger partial charge is 0.391 e. The topological polar surface area (TPSA) is 95.6 Å². The minimum atomic E-state index is -0.103. The quantitative estimate of drug-likeness (QED) is 0.282. The highest BCUT2D eigenvalue weighted by molar-refractivity contribution is 7.19. The van der Waals surface area contributed by atoms with E-state index in [9.17, 15) is 14.7 Å². The Morgan fingerprint density at radius 2 is 1.45 bits per heavy atom. The third-order valence-electron chi connectivity index (χ3n) is 5.01. The van der Waals surface area contributed by atoms with E-state index in [4.69, 9.17) is 9.47 Å². The fourth-order valence-corrected chi connectivity index (χ4v) is 3.77. The van der Waals surface area contributed by atoms with Crippen molar-refractivity contribution in [1.29, 1.82) is 0 Å². The lowest BCUT2D eigenvalue weighted by atomic mass is 10.2. The van der Waals surface area contributed by atoms with E-state index in [1.807, 2.05) is 85.7 Å². The molecule has 9 heteroatoms. The maximum Gasteiger partial charge on any atom is 0.234 e. The van der Waals surface area contributed by atoms with Gasteiger partial charge in [0.05, 0.1) is 39.2 Å². The minimum Gasteiger partial charge on any atom is -0.391 e. The van der Waals surface area contributed by atoms with Crippen LogP contribution in [0, 0.1) is 0 Å². The summed E-state index contributed by atoms with van der Waals surface area (Å²) in [5.74, 6) is 0. The molecule has 4 rings (SSSR count). The van der Waals surface area contributed by atoms with Crippen LogP contribution in [0.4, 0.5) is 0 Å². The molecule has 0 saturated heterocycles. The number of carbonyl (C=O) groups excluding carboxylic acids is 2. The van der Waals surface area contributed by atoms with Gasteiger partial charge in [0.2, 0.25) is 12.8 Å². The zero-order chi connectivity index (χ0) is 28.4. The van der Waals surface area contributed by atoms with Crippen LogP contribution in [-0.4, -0.2) is 57.7 Å². The lowest BCUT2D eigenvalue weighted by Crippen LogP contribution is -2.15. The van der Waals surface area contributed by atoms with E-state index in [1.165, 1.54) is 20.6 Å². The van der Waals surface area contributed by atoms with Crippen LogP contribution in [0.1, 0.15) is 67.7 Å². The monoisotopic (exact) mass is 547 g/mol. The van der Waals surface area contributed by atoms with Crippen molar-refractivity contribution in [2.75, 3.05) is 14.2 Å². The molecule has 0 aliphatic heterocycles. The van der Waals surface area contributed by atoms with E-state index in [1.54, 1.807) is 20.3 Å². The van der Waals surface area contributed by atoms with E-state index in [0.717, 1.165) is 26.9 Å². The number of ether oxygens (including phenoxy) is 2. The number of nitrogens with zero attached hydrogens (tertiary/aromatic N) is 3. The van der Waals surface area contributed by atoms with Crippen molar-refractivity contribution in [3.05, 3.63) is 41.3 Å². The molecule has 212 valence electrons. The summed E-state index contributed by atoms with van der Waals surface area (Å²) in [5, 5.41) is 14.6. The summed E-state index contributed by atoms with van der Waals surface area (Å²) in [6.07, 6.45) is 1.36. The maximum atomic E-state index is 11.6. The van der Waals surface area contributed by atoms with Crippen LogP contribution in [0.15, 0.2) is 36.4 Å². The first kappa shape index (κ1) is 35.2. The van der Waals surface area contributed by atoms with E-state index >= 15 is 0 Å². The summed E-state index contributed by atoms with van der Waals surface area (Å²) >= 11 is 1.36. The molecule has 3 aromatic heterocycles. The number of aliphatic hydroxyl groups is 1. The third-order valence-corrected chi connectivity index (χ3v) is 6.13. The molecule has 0 radical (unpaired) electrons. The number of aliphatic hydroxyl groups excluding tert-OH is 1. The normalized spacial score (nSPS) is 10.8. The molecule has 4 aromatic rings. The van der Waals surface area contributed by atoms with Gasteiger partial charge >= 0.3 is 0 Å². The molecular weight excluding hydrogens is 502 g/mol. The smallest absolute Gasteiger partial charge is 0.234 e. The molecule has 1 aromatic carbocycles. The Morgan fingerprint density at radius 3 is 1.89 bits per heavy atom. The van der Waals surface area contributed by atoms with Crippen molar-refractivity contribution in [3.63, 3.8) is 0 Å². The number of aromatic nitrogens is 3. The van der Waals surface area contributed by atoms with Crippen LogP contribution in [0.25, 0.3) is 32.5 Å². The molecule has 3 heterocycles. The fraction of sp³-hybridized carbons (Fsp3) is 0.483. The number of fused-ring (bicyclic) bond motifs is 2. The lowest BCUT2D eigenvalue weighted by Gasteiger charge is -2.14. The Balaban J connectivity index is 0.000000767. The molecule has 0 unspecified atom stereocenters. The van der Waals surface area contributed by atoms with Crippen molar-refractivity contribution in [3.8, 4) is 11.4 Å². The Morgan fingerprint density at radius 1 is 0.921 bits per heavy atom. The van der Waals surface area contributed by atoms with Crippen LogP contribution >= 0.6 is 11.3 Å². The van der Waals surface area contributed by atoms with Gasteiger partial charge in [-0.05, 0) is 59.7 Å². The zero-order valence-corrected chi connectivity index (χ0v) is 24.5. The summed E-state index contributed by atoms with van der Waals surface area (Å²) in [6.45, 7) is 16.0. The average Bonchev–Trinajstić information content (AvgIpc) is 3.56. The highest BCUT2D eigenvalue weighted by Gasteiger charge is 2.20.